The zero-order valence-corrected chi connectivity index (χ0v) is 18.0. The fourth-order valence-electron chi connectivity index (χ4n) is 3.99. The van der Waals surface area contributed by atoms with Gasteiger partial charge in [0.1, 0.15) is 0 Å². The Morgan fingerprint density at radius 2 is 1.86 bits per heavy atom. The zero-order valence-electron chi connectivity index (χ0n) is 17.2. The minimum absolute atomic E-state index is 0.0727. The number of amides is 1. The monoisotopic (exact) mass is 412 g/mol. The lowest BCUT2D eigenvalue weighted by Crippen LogP contribution is -2.34. The van der Waals surface area contributed by atoms with E-state index in [1.165, 1.54) is 0 Å². The van der Waals surface area contributed by atoms with Crippen molar-refractivity contribution in [3.63, 3.8) is 0 Å². The van der Waals surface area contributed by atoms with Crippen LogP contribution in [0.5, 0.6) is 0 Å². The van der Waals surface area contributed by atoms with Crippen molar-refractivity contribution in [2.24, 2.45) is 5.92 Å². The van der Waals surface area contributed by atoms with Crippen molar-refractivity contribution >= 4 is 21.6 Å². The van der Waals surface area contributed by atoms with Gasteiger partial charge < -0.3 is 4.90 Å². The predicted octanol–water partition coefficient (Wildman–Crippen LogP) is 3.80. The van der Waals surface area contributed by atoms with Crippen LogP contribution in [0.3, 0.4) is 0 Å². The van der Waals surface area contributed by atoms with Gasteiger partial charge in [-0.15, -0.1) is 0 Å². The highest BCUT2D eigenvalue weighted by molar-refractivity contribution is 7.89. The van der Waals surface area contributed by atoms with Crippen LogP contribution in [0.1, 0.15) is 50.7 Å². The standard InChI is InChI=1S/C23H28N2O3S/c1-16(17-7-5-4-6-8-17)14-24-29(27,28)19-11-12-21-20(13-19)23(2,3)15-25(21)22(26)18-9-10-18/h4-8,11-13,16,18,24H,9-10,14-15H2,1-3H3/t16-/m0/s1. The first-order valence-corrected chi connectivity index (χ1v) is 11.7. The summed E-state index contributed by atoms with van der Waals surface area (Å²) in [6, 6.07) is 15.0. The molecule has 1 fully saturated rings. The summed E-state index contributed by atoms with van der Waals surface area (Å²) in [5.74, 6) is 0.382. The zero-order chi connectivity index (χ0) is 20.8. The van der Waals surface area contributed by atoms with E-state index in [2.05, 4.69) is 18.6 Å². The van der Waals surface area contributed by atoms with Crippen LogP contribution >= 0.6 is 0 Å². The highest BCUT2D eigenvalue weighted by Gasteiger charge is 2.43. The number of carbonyl (C=O) groups excluding carboxylic acids is 1. The average molecular weight is 413 g/mol. The Hall–Kier alpha value is -2.18. The second-order valence-corrected chi connectivity index (χ2v) is 10.7. The summed E-state index contributed by atoms with van der Waals surface area (Å²) < 4.78 is 28.6. The van der Waals surface area contributed by atoms with Crippen LogP contribution in [0, 0.1) is 5.92 Å². The highest BCUT2D eigenvalue weighted by Crippen LogP contribution is 2.44. The number of nitrogens with zero attached hydrogens (tertiary/aromatic N) is 1. The van der Waals surface area contributed by atoms with E-state index in [9.17, 15) is 13.2 Å². The first kappa shape index (κ1) is 20.1. The number of carbonyl (C=O) groups is 1. The molecular weight excluding hydrogens is 384 g/mol. The van der Waals surface area contributed by atoms with Gasteiger partial charge in [-0.2, -0.15) is 0 Å². The van der Waals surface area contributed by atoms with Gasteiger partial charge in [0.2, 0.25) is 15.9 Å². The molecule has 1 N–H and O–H groups in total. The molecule has 0 spiro atoms. The molecule has 29 heavy (non-hydrogen) atoms. The maximum atomic E-state index is 12.9. The van der Waals surface area contributed by atoms with Gasteiger partial charge in [-0.1, -0.05) is 51.1 Å². The van der Waals surface area contributed by atoms with Gasteiger partial charge in [0.25, 0.3) is 0 Å². The van der Waals surface area contributed by atoms with E-state index in [-0.39, 0.29) is 28.1 Å². The van der Waals surface area contributed by atoms with Gasteiger partial charge in [-0.25, -0.2) is 13.1 Å². The molecule has 0 unspecified atom stereocenters. The average Bonchev–Trinajstić information content (AvgIpc) is 3.52. The summed E-state index contributed by atoms with van der Waals surface area (Å²) >= 11 is 0. The molecule has 2 aromatic rings. The van der Waals surface area contributed by atoms with Crippen molar-refractivity contribution in [3.05, 3.63) is 59.7 Å². The fourth-order valence-corrected chi connectivity index (χ4v) is 5.15. The van der Waals surface area contributed by atoms with Crippen LogP contribution in [0.25, 0.3) is 0 Å². The van der Waals surface area contributed by atoms with E-state index in [0.717, 1.165) is 29.7 Å². The molecule has 1 aliphatic carbocycles. The first-order valence-electron chi connectivity index (χ1n) is 10.2. The first-order chi connectivity index (χ1) is 13.7. The van der Waals surface area contributed by atoms with E-state index >= 15 is 0 Å². The van der Waals surface area contributed by atoms with Crippen molar-refractivity contribution in [1.29, 1.82) is 0 Å². The number of hydrogen-bond donors (Lipinski definition) is 1. The number of rotatable bonds is 6. The summed E-state index contributed by atoms with van der Waals surface area (Å²) in [4.78, 5) is 14.7. The third kappa shape index (κ3) is 3.96. The summed E-state index contributed by atoms with van der Waals surface area (Å²) in [7, 11) is -3.63. The number of anilines is 1. The van der Waals surface area contributed by atoms with Crippen LogP contribution in [0.15, 0.2) is 53.4 Å². The van der Waals surface area contributed by atoms with Gasteiger partial charge in [-0.3, -0.25) is 4.79 Å². The van der Waals surface area contributed by atoms with Crippen molar-refractivity contribution in [3.8, 4) is 0 Å². The largest absolute Gasteiger partial charge is 0.311 e. The Balaban J connectivity index is 1.55. The van der Waals surface area contributed by atoms with Crippen molar-refractivity contribution in [1.82, 2.24) is 4.72 Å². The van der Waals surface area contributed by atoms with Crippen molar-refractivity contribution in [2.75, 3.05) is 18.0 Å². The number of hydrogen-bond acceptors (Lipinski definition) is 3. The number of fused-ring (bicyclic) bond motifs is 1. The Morgan fingerprint density at radius 1 is 1.17 bits per heavy atom. The predicted molar refractivity (Wildman–Crippen MR) is 115 cm³/mol. The molecule has 1 atom stereocenters. The molecule has 2 aromatic carbocycles. The van der Waals surface area contributed by atoms with E-state index in [0.29, 0.717) is 13.1 Å². The van der Waals surface area contributed by atoms with Crippen LogP contribution < -0.4 is 9.62 Å². The summed E-state index contributed by atoms with van der Waals surface area (Å²) in [5.41, 5.74) is 2.59. The van der Waals surface area contributed by atoms with Gasteiger partial charge in [0.15, 0.2) is 0 Å². The Labute approximate surface area is 173 Å². The molecule has 0 aromatic heterocycles. The number of sulfonamides is 1. The van der Waals surface area contributed by atoms with Gasteiger partial charge in [0.05, 0.1) is 4.90 Å². The lowest BCUT2D eigenvalue weighted by atomic mass is 9.87. The van der Waals surface area contributed by atoms with E-state index in [4.69, 9.17) is 0 Å². The number of benzene rings is 2. The normalized spacial score (nSPS) is 19.1. The molecule has 5 nitrogen and oxygen atoms in total. The molecule has 1 heterocycles. The van der Waals surface area contributed by atoms with E-state index < -0.39 is 10.0 Å². The van der Waals surface area contributed by atoms with Crippen molar-refractivity contribution in [2.45, 2.75) is 49.8 Å². The van der Waals surface area contributed by atoms with Gasteiger partial charge in [-0.05, 0) is 48.1 Å². The van der Waals surface area contributed by atoms with Crippen LogP contribution in [-0.4, -0.2) is 27.4 Å². The summed E-state index contributed by atoms with van der Waals surface area (Å²) in [5, 5.41) is 0. The van der Waals surface area contributed by atoms with Crippen LogP contribution in [-0.2, 0) is 20.2 Å². The number of nitrogens with one attached hydrogen (secondary N) is 1. The van der Waals surface area contributed by atoms with Crippen LogP contribution in [0.4, 0.5) is 5.69 Å². The molecule has 6 heteroatoms. The maximum Gasteiger partial charge on any atom is 0.240 e. The molecule has 1 saturated carbocycles. The van der Waals surface area contributed by atoms with E-state index in [1.807, 2.05) is 42.2 Å². The molecular formula is C23H28N2O3S. The minimum Gasteiger partial charge on any atom is -0.311 e. The Morgan fingerprint density at radius 3 is 2.52 bits per heavy atom. The third-order valence-electron chi connectivity index (χ3n) is 5.99. The minimum atomic E-state index is -3.63. The molecule has 0 bridgehead atoms. The molecule has 1 aliphatic heterocycles. The molecule has 0 radical (unpaired) electrons. The smallest absolute Gasteiger partial charge is 0.240 e. The lowest BCUT2D eigenvalue weighted by molar-refractivity contribution is -0.119. The molecule has 2 aliphatic rings. The van der Waals surface area contributed by atoms with Crippen LogP contribution in [0.2, 0.25) is 0 Å². The lowest BCUT2D eigenvalue weighted by Gasteiger charge is -2.20. The van der Waals surface area contributed by atoms with Gasteiger partial charge >= 0.3 is 0 Å². The van der Waals surface area contributed by atoms with E-state index in [1.54, 1.807) is 18.2 Å². The molecule has 0 saturated heterocycles. The molecule has 1 amide bonds. The Kier molecular flexibility index (Phi) is 5.03. The summed E-state index contributed by atoms with van der Waals surface area (Å²) in [6.07, 6.45) is 1.92. The maximum absolute atomic E-state index is 12.9. The second-order valence-electron chi connectivity index (χ2n) is 8.93. The Bertz CT molecular complexity index is 1030. The topological polar surface area (TPSA) is 66.5 Å². The molecule has 4 rings (SSSR count). The quantitative estimate of drug-likeness (QED) is 0.785. The molecule has 154 valence electrons. The summed E-state index contributed by atoms with van der Waals surface area (Å²) in [6.45, 7) is 7.06. The second kappa shape index (κ2) is 7.26. The fraction of sp³-hybridized carbons (Fsp3) is 0.435. The van der Waals surface area contributed by atoms with Gasteiger partial charge in [0, 0.05) is 30.1 Å². The van der Waals surface area contributed by atoms with Crippen molar-refractivity contribution < 1.29 is 13.2 Å². The third-order valence-corrected chi connectivity index (χ3v) is 7.41. The highest BCUT2D eigenvalue weighted by atomic mass is 32.2. The SMILES string of the molecule is C[C@@H](CNS(=O)(=O)c1ccc2c(c1)C(C)(C)CN2C(=O)C1CC1)c1ccccc1.